The average Bonchev–Trinajstić information content (AvgIpc) is 3.27. The van der Waals surface area contributed by atoms with Crippen LogP contribution < -0.4 is 0 Å². The van der Waals surface area contributed by atoms with Gasteiger partial charge in [-0.1, -0.05) is 6.07 Å². The molecular formula is C17H14N2O4S. The van der Waals surface area contributed by atoms with E-state index in [2.05, 4.69) is 0 Å². The maximum Gasteiger partial charge on any atom is 0.270 e. The zero-order valence-electron chi connectivity index (χ0n) is 12.6. The minimum absolute atomic E-state index is 0.102. The molecule has 2 heterocycles. The van der Waals surface area contributed by atoms with Gasteiger partial charge >= 0.3 is 0 Å². The SMILES string of the molecule is O=C(c1cccc([N+](=O)[O-])c1)N(Cc1ccsc1)Cc1ccco1. The lowest BCUT2D eigenvalue weighted by atomic mass is 10.1. The third-order valence-electron chi connectivity index (χ3n) is 3.47. The Hall–Kier alpha value is -2.93. The second-order valence-electron chi connectivity index (χ2n) is 5.18. The molecule has 1 aromatic carbocycles. The number of amides is 1. The van der Waals surface area contributed by atoms with E-state index in [4.69, 9.17) is 4.42 Å². The molecule has 0 aliphatic rings. The standard InChI is InChI=1S/C17H14N2O4S/c20-17(14-3-1-4-15(9-14)19(21)22)18(10-13-6-8-24-12-13)11-16-5-2-7-23-16/h1-9,12H,10-11H2. The number of hydrogen-bond donors (Lipinski definition) is 0. The Morgan fingerprint density at radius 2 is 2.08 bits per heavy atom. The number of thiophene rings is 1. The zero-order valence-corrected chi connectivity index (χ0v) is 13.4. The summed E-state index contributed by atoms with van der Waals surface area (Å²) < 4.78 is 5.33. The second kappa shape index (κ2) is 7.10. The van der Waals surface area contributed by atoms with Crippen molar-refractivity contribution in [2.45, 2.75) is 13.1 Å². The Bertz CT molecular complexity index is 792. The Balaban J connectivity index is 1.87. The van der Waals surface area contributed by atoms with Gasteiger partial charge in [-0.3, -0.25) is 14.9 Å². The van der Waals surface area contributed by atoms with Gasteiger partial charge in [-0.2, -0.15) is 11.3 Å². The van der Waals surface area contributed by atoms with Crippen molar-refractivity contribution >= 4 is 22.9 Å². The molecule has 0 unspecified atom stereocenters. The number of nitrogens with zero attached hydrogens (tertiary/aromatic N) is 2. The van der Waals surface area contributed by atoms with E-state index >= 15 is 0 Å². The lowest BCUT2D eigenvalue weighted by Gasteiger charge is -2.21. The summed E-state index contributed by atoms with van der Waals surface area (Å²) in [5.74, 6) is 0.380. The monoisotopic (exact) mass is 342 g/mol. The molecule has 0 bridgehead atoms. The maximum atomic E-state index is 12.8. The number of nitro benzene ring substituents is 1. The highest BCUT2D eigenvalue weighted by atomic mass is 32.1. The minimum Gasteiger partial charge on any atom is -0.467 e. The van der Waals surface area contributed by atoms with Crippen molar-refractivity contribution in [3.63, 3.8) is 0 Å². The average molecular weight is 342 g/mol. The predicted octanol–water partition coefficient (Wildman–Crippen LogP) is 4.09. The molecule has 6 nitrogen and oxygen atoms in total. The lowest BCUT2D eigenvalue weighted by molar-refractivity contribution is -0.384. The van der Waals surface area contributed by atoms with Crippen molar-refractivity contribution in [1.82, 2.24) is 4.90 Å². The summed E-state index contributed by atoms with van der Waals surface area (Å²) >= 11 is 1.55. The summed E-state index contributed by atoms with van der Waals surface area (Å²) in [4.78, 5) is 24.9. The van der Waals surface area contributed by atoms with E-state index in [0.29, 0.717) is 18.8 Å². The molecule has 3 rings (SSSR count). The van der Waals surface area contributed by atoms with Gasteiger partial charge in [0.25, 0.3) is 11.6 Å². The zero-order chi connectivity index (χ0) is 16.9. The fourth-order valence-electron chi connectivity index (χ4n) is 2.33. The van der Waals surface area contributed by atoms with Gasteiger partial charge in [0.05, 0.1) is 17.7 Å². The van der Waals surface area contributed by atoms with Crippen LogP contribution in [0.1, 0.15) is 21.7 Å². The van der Waals surface area contributed by atoms with Crippen LogP contribution in [-0.2, 0) is 13.1 Å². The second-order valence-corrected chi connectivity index (χ2v) is 5.96. The first-order valence-electron chi connectivity index (χ1n) is 7.20. The Labute approximate surface area is 142 Å². The topological polar surface area (TPSA) is 76.6 Å². The number of furan rings is 1. The van der Waals surface area contributed by atoms with Gasteiger partial charge in [0, 0.05) is 24.2 Å². The number of carbonyl (C=O) groups is 1. The van der Waals surface area contributed by atoms with Gasteiger partial charge in [-0.15, -0.1) is 0 Å². The molecule has 0 saturated heterocycles. The molecule has 0 aliphatic heterocycles. The highest BCUT2D eigenvalue weighted by Crippen LogP contribution is 2.19. The van der Waals surface area contributed by atoms with Crippen LogP contribution in [-0.4, -0.2) is 15.7 Å². The van der Waals surface area contributed by atoms with Gasteiger partial charge < -0.3 is 9.32 Å². The van der Waals surface area contributed by atoms with Crippen LogP contribution in [0.15, 0.2) is 63.9 Å². The normalized spacial score (nSPS) is 10.5. The van der Waals surface area contributed by atoms with Crippen molar-refractivity contribution in [2.75, 3.05) is 0 Å². The summed E-state index contributed by atoms with van der Waals surface area (Å²) in [6, 6.07) is 11.3. The van der Waals surface area contributed by atoms with Gasteiger partial charge in [0.2, 0.25) is 0 Å². The third-order valence-corrected chi connectivity index (χ3v) is 4.20. The summed E-state index contributed by atoms with van der Waals surface area (Å²) in [6.45, 7) is 0.704. The Morgan fingerprint density at radius 1 is 1.21 bits per heavy atom. The van der Waals surface area contributed by atoms with Gasteiger partial charge in [0.1, 0.15) is 5.76 Å². The van der Waals surface area contributed by atoms with Crippen LogP contribution >= 0.6 is 11.3 Å². The predicted molar refractivity (Wildman–Crippen MR) is 89.7 cm³/mol. The summed E-state index contributed by atoms with van der Waals surface area (Å²) in [5.41, 5.74) is 1.19. The van der Waals surface area contributed by atoms with Gasteiger partial charge in [-0.05, 0) is 40.6 Å². The molecule has 0 aliphatic carbocycles. The molecule has 3 aromatic rings. The summed E-state index contributed by atoms with van der Waals surface area (Å²) in [7, 11) is 0. The van der Waals surface area contributed by atoms with Crippen molar-refractivity contribution in [2.24, 2.45) is 0 Å². The highest BCUT2D eigenvalue weighted by Gasteiger charge is 2.20. The molecule has 122 valence electrons. The molecule has 24 heavy (non-hydrogen) atoms. The number of non-ortho nitro benzene ring substituents is 1. The van der Waals surface area contributed by atoms with E-state index < -0.39 is 4.92 Å². The van der Waals surface area contributed by atoms with Crippen molar-refractivity contribution in [3.05, 3.63) is 86.5 Å². The molecule has 0 spiro atoms. The number of hydrogen-bond acceptors (Lipinski definition) is 5. The number of carbonyl (C=O) groups excluding carboxylic acids is 1. The van der Waals surface area contributed by atoms with Crippen LogP contribution in [0.3, 0.4) is 0 Å². The maximum absolute atomic E-state index is 12.8. The van der Waals surface area contributed by atoms with E-state index in [0.717, 1.165) is 5.56 Å². The first kappa shape index (κ1) is 15.9. The molecule has 0 saturated carbocycles. The van der Waals surface area contributed by atoms with Gasteiger partial charge in [-0.25, -0.2) is 0 Å². The van der Waals surface area contributed by atoms with Crippen LogP contribution in [0, 0.1) is 10.1 Å². The minimum atomic E-state index is -0.507. The molecule has 0 fully saturated rings. The van der Waals surface area contributed by atoms with E-state index in [-0.39, 0.29) is 17.2 Å². The number of benzene rings is 1. The van der Waals surface area contributed by atoms with Gasteiger partial charge in [0.15, 0.2) is 0 Å². The van der Waals surface area contributed by atoms with Crippen LogP contribution in [0.25, 0.3) is 0 Å². The lowest BCUT2D eigenvalue weighted by Crippen LogP contribution is -2.29. The molecule has 0 N–H and O–H groups in total. The summed E-state index contributed by atoms with van der Waals surface area (Å²) in [6.07, 6.45) is 1.55. The van der Waals surface area contributed by atoms with E-state index in [9.17, 15) is 14.9 Å². The molecule has 0 radical (unpaired) electrons. The van der Waals surface area contributed by atoms with Crippen molar-refractivity contribution in [3.8, 4) is 0 Å². The first-order valence-corrected chi connectivity index (χ1v) is 8.15. The van der Waals surface area contributed by atoms with Crippen LogP contribution in [0.5, 0.6) is 0 Å². The number of nitro groups is 1. The Kier molecular flexibility index (Phi) is 4.72. The van der Waals surface area contributed by atoms with E-state index in [1.165, 1.54) is 18.2 Å². The highest BCUT2D eigenvalue weighted by molar-refractivity contribution is 7.07. The fourth-order valence-corrected chi connectivity index (χ4v) is 2.99. The molecule has 2 aromatic heterocycles. The Morgan fingerprint density at radius 3 is 2.75 bits per heavy atom. The van der Waals surface area contributed by atoms with Crippen molar-refractivity contribution < 1.29 is 14.1 Å². The van der Waals surface area contributed by atoms with Crippen LogP contribution in [0.2, 0.25) is 0 Å². The first-order chi connectivity index (χ1) is 11.6. The molecular weight excluding hydrogens is 328 g/mol. The molecule has 0 atom stereocenters. The third kappa shape index (κ3) is 3.69. The number of rotatable bonds is 6. The smallest absolute Gasteiger partial charge is 0.270 e. The van der Waals surface area contributed by atoms with E-state index in [1.54, 1.807) is 40.7 Å². The summed E-state index contributed by atoms with van der Waals surface area (Å²) in [5, 5.41) is 14.8. The van der Waals surface area contributed by atoms with Crippen molar-refractivity contribution in [1.29, 1.82) is 0 Å². The largest absolute Gasteiger partial charge is 0.467 e. The van der Waals surface area contributed by atoms with Crippen LogP contribution in [0.4, 0.5) is 5.69 Å². The molecule has 7 heteroatoms. The molecule has 1 amide bonds. The van der Waals surface area contributed by atoms with E-state index in [1.807, 2.05) is 16.8 Å². The fraction of sp³-hybridized carbons (Fsp3) is 0.118. The quantitative estimate of drug-likeness (QED) is 0.499.